The molecule has 1 aromatic heterocycles. The van der Waals surface area contributed by atoms with Crippen LogP contribution in [0.2, 0.25) is 0 Å². The lowest BCUT2D eigenvalue weighted by atomic mass is 10.2. The molecule has 0 saturated heterocycles. The van der Waals surface area contributed by atoms with Gasteiger partial charge in [-0.15, -0.1) is 0 Å². The zero-order valence-corrected chi connectivity index (χ0v) is 5.46. The van der Waals surface area contributed by atoms with Crippen molar-refractivity contribution in [3.63, 3.8) is 0 Å². The van der Waals surface area contributed by atoms with E-state index in [2.05, 4.69) is 4.98 Å². The molecule has 0 spiro atoms. The van der Waals surface area contributed by atoms with Crippen molar-refractivity contribution >= 4 is 16.6 Å². The molecule has 1 heterocycles. The van der Waals surface area contributed by atoms with Gasteiger partial charge in [-0.3, -0.25) is 0 Å². The van der Waals surface area contributed by atoms with E-state index in [1.165, 1.54) is 5.39 Å². The van der Waals surface area contributed by atoms with Gasteiger partial charge >= 0.3 is 0 Å². The number of nitrogens with two attached hydrogens (primary N) is 1. The van der Waals surface area contributed by atoms with Crippen LogP contribution in [-0.2, 0) is 0 Å². The molecule has 10 heavy (non-hydrogen) atoms. The molecule has 0 atom stereocenters. The topological polar surface area (TPSA) is 41.8 Å². The standard InChI is InChI=1S/C8H8N2/c9-8-7-4-2-1-3-6(7)5-10-8/h1-5,10H,9H2. The molecular formula is C8H8N2. The lowest BCUT2D eigenvalue weighted by Gasteiger charge is -1.86. The van der Waals surface area contributed by atoms with E-state index in [0.717, 1.165) is 11.2 Å². The molecule has 2 rings (SSSR count). The molecule has 0 aliphatic rings. The quantitative estimate of drug-likeness (QED) is 0.563. The second-order valence-corrected chi connectivity index (χ2v) is 2.29. The first-order valence-electron chi connectivity index (χ1n) is 3.19. The number of H-pyrrole nitrogens is 1. The highest BCUT2D eigenvalue weighted by molar-refractivity contribution is 5.91. The van der Waals surface area contributed by atoms with Crippen molar-refractivity contribution in [2.45, 2.75) is 0 Å². The van der Waals surface area contributed by atoms with Gasteiger partial charge in [-0.1, -0.05) is 24.3 Å². The molecule has 3 N–H and O–H groups in total. The third-order valence-electron chi connectivity index (χ3n) is 1.63. The van der Waals surface area contributed by atoms with Crippen LogP contribution >= 0.6 is 0 Å². The molecule has 2 heteroatoms. The highest BCUT2D eigenvalue weighted by Gasteiger charge is 1.95. The summed E-state index contributed by atoms with van der Waals surface area (Å²) in [5, 5.41) is 2.27. The molecule has 0 radical (unpaired) electrons. The van der Waals surface area contributed by atoms with E-state index in [1.807, 2.05) is 30.5 Å². The lowest BCUT2D eigenvalue weighted by Crippen LogP contribution is -1.82. The predicted octanol–water partition coefficient (Wildman–Crippen LogP) is 1.75. The summed E-state index contributed by atoms with van der Waals surface area (Å²) in [6.07, 6.45) is 1.91. The number of rotatable bonds is 0. The second kappa shape index (κ2) is 1.77. The van der Waals surface area contributed by atoms with Gasteiger partial charge in [0.05, 0.1) is 0 Å². The van der Waals surface area contributed by atoms with Gasteiger partial charge in [-0.25, -0.2) is 0 Å². The summed E-state index contributed by atoms with van der Waals surface area (Å²) in [6.45, 7) is 0. The van der Waals surface area contributed by atoms with Gasteiger partial charge in [0.15, 0.2) is 0 Å². The monoisotopic (exact) mass is 132 g/mol. The van der Waals surface area contributed by atoms with E-state index in [9.17, 15) is 0 Å². The zero-order valence-electron chi connectivity index (χ0n) is 5.46. The maximum absolute atomic E-state index is 5.62. The van der Waals surface area contributed by atoms with E-state index >= 15 is 0 Å². The Labute approximate surface area is 58.7 Å². The van der Waals surface area contributed by atoms with Gasteiger partial charge in [-0.05, 0) is 0 Å². The Morgan fingerprint density at radius 1 is 1.20 bits per heavy atom. The Balaban J connectivity index is 2.93. The van der Waals surface area contributed by atoms with Crippen LogP contribution in [0, 0.1) is 0 Å². The van der Waals surface area contributed by atoms with Crippen molar-refractivity contribution in [3.8, 4) is 0 Å². The number of nitrogens with one attached hydrogen (secondary N) is 1. The summed E-state index contributed by atoms with van der Waals surface area (Å²) in [5.41, 5.74) is 5.62. The minimum Gasteiger partial charge on any atom is -0.385 e. The third kappa shape index (κ3) is 0.589. The van der Waals surface area contributed by atoms with E-state index < -0.39 is 0 Å². The molecule has 0 saturated carbocycles. The van der Waals surface area contributed by atoms with Crippen molar-refractivity contribution in [3.05, 3.63) is 30.5 Å². The van der Waals surface area contributed by atoms with Gasteiger partial charge in [0, 0.05) is 17.0 Å². The molecule has 0 bridgehead atoms. The summed E-state index contributed by atoms with van der Waals surface area (Å²) < 4.78 is 0. The predicted molar refractivity (Wildman–Crippen MR) is 42.7 cm³/mol. The number of hydrogen-bond donors (Lipinski definition) is 2. The summed E-state index contributed by atoms with van der Waals surface area (Å²) in [4.78, 5) is 2.95. The average molecular weight is 132 g/mol. The van der Waals surface area contributed by atoms with Crippen LogP contribution in [0.5, 0.6) is 0 Å². The number of benzene rings is 1. The van der Waals surface area contributed by atoms with Crippen LogP contribution in [0.4, 0.5) is 5.82 Å². The lowest BCUT2D eigenvalue weighted by molar-refractivity contribution is 1.43. The van der Waals surface area contributed by atoms with Crippen molar-refractivity contribution in [1.29, 1.82) is 0 Å². The summed E-state index contributed by atoms with van der Waals surface area (Å²) in [5.74, 6) is 0.746. The van der Waals surface area contributed by atoms with E-state index in [1.54, 1.807) is 0 Å². The Morgan fingerprint density at radius 3 is 2.80 bits per heavy atom. The second-order valence-electron chi connectivity index (χ2n) is 2.29. The van der Waals surface area contributed by atoms with Crippen molar-refractivity contribution < 1.29 is 0 Å². The first-order chi connectivity index (χ1) is 4.88. The molecule has 2 nitrogen and oxygen atoms in total. The highest BCUT2D eigenvalue weighted by Crippen LogP contribution is 2.18. The molecule has 0 aliphatic heterocycles. The normalized spacial score (nSPS) is 10.4. The fourth-order valence-corrected chi connectivity index (χ4v) is 1.10. The molecular weight excluding hydrogens is 124 g/mol. The molecule has 50 valence electrons. The van der Waals surface area contributed by atoms with Crippen LogP contribution in [-0.4, -0.2) is 4.98 Å². The molecule has 0 fully saturated rings. The van der Waals surface area contributed by atoms with Crippen LogP contribution in [0.1, 0.15) is 0 Å². The van der Waals surface area contributed by atoms with Crippen LogP contribution < -0.4 is 5.73 Å². The number of anilines is 1. The van der Waals surface area contributed by atoms with Gasteiger partial charge in [-0.2, -0.15) is 0 Å². The summed E-state index contributed by atoms with van der Waals surface area (Å²) in [6, 6.07) is 8.01. The average Bonchev–Trinajstić information content (AvgIpc) is 2.34. The van der Waals surface area contributed by atoms with E-state index in [4.69, 9.17) is 5.73 Å². The maximum Gasteiger partial charge on any atom is 0.108 e. The van der Waals surface area contributed by atoms with Crippen LogP contribution in [0.25, 0.3) is 10.8 Å². The third-order valence-corrected chi connectivity index (χ3v) is 1.63. The van der Waals surface area contributed by atoms with Crippen LogP contribution in [0.3, 0.4) is 0 Å². The van der Waals surface area contributed by atoms with Crippen molar-refractivity contribution in [2.75, 3.05) is 5.73 Å². The zero-order chi connectivity index (χ0) is 6.97. The Hall–Kier alpha value is -1.44. The molecule has 1 aromatic carbocycles. The molecule has 0 aliphatic carbocycles. The SMILES string of the molecule is Nc1[nH]cc2ccccc12. The first-order valence-corrected chi connectivity index (χ1v) is 3.19. The van der Waals surface area contributed by atoms with E-state index in [0.29, 0.717) is 0 Å². The summed E-state index contributed by atoms with van der Waals surface area (Å²) >= 11 is 0. The maximum atomic E-state index is 5.62. The van der Waals surface area contributed by atoms with Crippen molar-refractivity contribution in [2.24, 2.45) is 0 Å². The fraction of sp³-hybridized carbons (Fsp3) is 0. The number of fused-ring (bicyclic) bond motifs is 1. The number of aromatic nitrogens is 1. The van der Waals surface area contributed by atoms with Crippen LogP contribution in [0.15, 0.2) is 30.5 Å². The molecule has 0 amide bonds. The first kappa shape index (κ1) is 5.35. The Bertz CT molecular complexity index is 349. The minimum absolute atomic E-state index is 0.746. The fourth-order valence-electron chi connectivity index (χ4n) is 1.10. The largest absolute Gasteiger partial charge is 0.385 e. The van der Waals surface area contributed by atoms with Gasteiger partial charge in [0.1, 0.15) is 5.82 Å². The van der Waals surface area contributed by atoms with Gasteiger partial charge in [0.2, 0.25) is 0 Å². The van der Waals surface area contributed by atoms with Gasteiger partial charge < -0.3 is 10.7 Å². The smallest absolute Gasteiger partial charge is 0.108 e. The van der Waals surface area contributed by atoms with Crippen molar-refractivity contribution in [1.82, 2.24) is 4.98 Å². The minimum atomic E-state index is 0.746. The Morgan fingerprint density at radius 2 is 2.00 bits per heavy atom. The van der Waals surface area contributed by atoms with Gasteiger partial charge in [0.25, 0.3) is 0 Å². The van der Waals surface area contributed by atoms with E-state index in [-0.39, 0.29) is 0 Å². The molecule has 0 unspecified atom stereocenters. The summed E-state index contributed by atoms with van der Waals surface area (Å²) in [7, 11) is 0. The number of nitrogen functional groups attached to an aromatic ring is 1. The number of hydrogen-bond acceptors (Lipinski definition) is 1. The highest BCUT2D eigenvalue weighted by atomic mass is 14.8. The molecule has 2 aromatic rings. The Kier molecular flexibility index (Phi) is 0.947. The number of aromatic amines is 1.